The number of anilines is 2. The van der Waals surface area contributed by atoms with Crippen molar-refractivity contribution in [1.29, 1.82) is 0 Å². The van der Waals surface area contributed by atoms with E-state index in [4.69, 9.17) is 0 Å². The zero-order valence-electron chi connectivity index (χ0n) is 8.88. The van der Waals surface area contributed by atoms with E-state index in [1.807, 2.05) is 13.0 Å². The highest BCUT2D eigenvalue weighted by Gasteiger charge is 2.49. The SMILES string of the molecule is CC1(C2CC2)Nc2ncc(Br)cc2NC1=O. The van der Waals surface area contributed by atoms with Crippen LogP contribution in [0.2, 0.25) is 0 Å². The summed E-state index contributed by atoms with van der Waals surface area (Å²) in [5.74, 6) is 1.24. The summed E-state index contributed by atoms with van der Waals surface area (Å²) in [6, 6.07) is 1.86. The molecular weight excluding hydrogens is 270 g/mol. The van der Waals surface area contributed by atoms with Crippen molar-refractivity contribution in [2.75, 3.05) is 10.6 Å². The second kappa shape index (κ2) is 3.20. The standard InChI is InChI=1S/C11H12BrN3O/c1-11(6-2-3-6)10(16)14-8-4-7(12)5-13-9(8)15-11/h4-6H,2-3H2,1H3,(H,13,15)(H,14,16). The van der Waals surface area contributed by atoms with Crippen LogP contribution in [0.3, 0.4) is 0 Å². The summed E-state index contributed by atoms with van der Waals surface area (Å²) in [7, 11) is 0. The van der Waals surface area contributed by atoms with Crippen LogP contribution in [0.15, 0.2) is 16.7 Å². The minimum atomic E-state index is -0.492. The molecule has 4 nitrogen and oxygen atoms in total. The Balaban J connectivity index is 2.01. The average molecular weight is 282 g/mol. The van der Waals surface area contributed by atoms with Gasteiger partial charge in [-0.15, -0.1) is 0 Å². The maximum atomic E-state index is 12.1. The van der Waals surface area contributed by atoms with Crippen molar-refractivity contribution in [3.63, 3.8) is 0 Å². The number of rotatable bonds is 1. The number of carbonyl (C=O) groups excluding carboxylic acids is 1. The van der Waals surface area contributed by atoms with Crippen LogP contribution < -0.4 is 10.6 Å². The lowest BCUT2D eigenvalue weighted by molar-refractivity contribution is -0.120. The van der Waals surface area contributed by atoms with Gasteiger partial charge in [0, 0.05) is 10.7 Å². The number of amides is 1. The van der Waals surface area contributed by atoms with Crippen LogP contribution in [0, 0.1) is 5.92 Å². The van der Waals surface area contributed by atoms with Gasteiger partial charge in [-0.2, -0.15) is 0 Å². The molecule has 0 radical (unpaired) electrons. The van der Waals surface area contributed by atoms with Gasteiger partial charge in [-0.3, -0.25) is 4.79 Å². The molecule has 1 atom stereocenters. The van der Waals surface area contributed by atoms with Crippen molar-refractivity contribution in [1.82, 2.24) is 4.98 Å². The molecule has 1 aromatic rings. The second-order valence-electron chi connectivity index (χ2n) is 4.61. The maximum Gasteiger partial charge on any atom is 0.250 e. The molecule has 0 spiro atoms. The molecule has 0 aromatic carbocycles. The maximum absolute atomic E-state index is 12.1. The van der Waals surface area contributed by atoms with Gasteiger partial charge in [0.05, 0.1) is 5.69 Å². The molecule has 2 N–H and O–H groups in total. The second-order valence-corrected chi connectivity index (χ2v) is 5.52. The first kappa shape index (κ1) is 10.1. The molecule has 3 rings (SSSR count). The predicted octanol–water partition coefficient (Wildman–Crippen LogP) is 2.38. The van der Waals surface area contributed by atoms with E-state index in [0.717, 1.165) is 28.8 Å². The number of carbonyl (C=O) groups is 1. The molecule has 1 amide bonds. The van der Waals surface area contributed by atoms with Crippen molar-refractivity contribution in [3.8, 4) is 0 Å². The monoisotopic (exact) mass is 281 g/mol. The number of fused-ring (bicyclic) bond motifs is 1. The summed E-state index contributed by atoms with van der Waals surface area (Å²) in [4.78, 5) is 16.3. The van der Waals surface area contributed by atoms with Gasteiger partial charge in [-0.05, 0) is 47.7 Å². The van der Waals surface area contributed by atoms with Gasteiger partial charge in [0.2, 0.25) is 5.91 Å². The Morgan fingerprint density at radius 2 is 2.31 bits per heavy atom. The zero-order chi connectivity index (χ0) is 11.3. The van der Waals surface area contributed by atoms with E-state index in [-0.39, 0.29) is 5.91 Å². The van der Waals surface area contributed by atoms with Crippen molar-refractivity contribution in [3.05, 3.63) is 16.7 Å². The number of halogens is 1. The first-order valence-corrected chi connectivity index (χ1v) is 6.14. The highest BCUT2D eigenvalue weighted by atomic mass is 79.9. The quantitative estimate of drug-likeness (QED) is 0.831. The van der Waals surface area contributed by atoms with Gasteiger partial charge in [0.1, 0.15) is 5.54 Å². The smallest absolute Gasteiger partial charge is 0.250 e. The number of pyridine rings is 1. The fourth-order valence-electron chi connectivity index (χ4n) is 2.14. The Kier molecular flexibility index (Phi) is 2.01. The lowest BCUT2D eigenvalue weighted by Crippen LogP contribution is -2.52. The summed E-state index contributed by atoms with van der Waals surface area (Å²) in [6.45, 7) is 1.95. The van der Waals surface area contributed by atoms with Crippen molar-refractivity contribution >= 4 is 33.3 Å². The fourth-order valence-corrected chi connectivity index (χ4v) is 2.47. The normalized spacial score (nSPS) is 28.0. The Hall–Kier alpha value is -1.10. The van der Waals surface area contributed by atoms with E-state index < -0.39 is 5.54 Å². The van der Waals surface area contributed by atoms with Crippen LogP contribution in [-0.2, 0) is 4.79 Å². The molecule has 2 aliphatic rings. The Morgan fingerprint density at radius 3 is 3.00 bits per heavy atom. The molecule has 2 heterocycles. The summed E-state index contributed by atoms with van der Waals surface area (Å²) < 4.78 is 0.864. The van der Waals surface area contributed by atoms with E-state index in [9.17, 15) is 4.79 Å². The van der Waals surface area contributed by atoms with Gasteiger partial charge in [-0.25, -0.2) is 4.98 Å². The highest BCUT2D eigenvalue weighted by Crippen LogP contribution is 2.44. The molecule has 84 valence electrons. The van der Waals surface area contributed by atoms with Crippen LogP contribution in [0.4, 0.5) is 11.5 Å². The molecular formula is C11H12BrN3O. The minimum Gasteiger partial charge on any atom is -0.354 e. The Bertz CT molecular complexity index is 472. The minimum absolute atomic E-state index is 0.0439. The van der Waals surface area contributed by atoms with E-state index in [1.165, 1.54) is 0 Å². The molecule has 16 heavy (non-hydrogen) atoms. The predicted molar refractivity (Wildman–Crippen MR) is 65.3 cm³/mol. The highest BCUT2D eigenvalue weighted by molar-refractivity contribution is 9.10. The first-order valence-electron chi connectivity index (χ1n) is 5.35. The van der Waals surface area contributed by atoms with Gasteiger partial charge >= 0.3 is 0 Å². The molecule has 0 saturated heterocycles. The average Bonchev–Trinajstić information content (AvgIpc) is 3.04. The van der Waals surface area contributed by atoms with Gasteiger partial charge in [0.15, 0.2) is 5.82 Å². The molecule has 1 unspecified atom stereocenters. The number of hydrogen-bond donors (Lipinski definition) is 2. The lowest BCUT2D eigenvalue weighted by Gasteiger charge is -2.35. The topological polar surface area (TPSA) is 54.0 Å². The summed E-state index contributed by atoms with van der Waals surface area (Å²) in [5, 5.41) is 6.19. The summed E-state index contributed by atoms with van der Waals surface area (Å²) in [6.07, 6.45) is 3.96. The molecule has 1 saturated carbocycles. The number of hydrogen-bond acceptors (Lipinski definition) is 3. The van der Waals surface area contributed by atoms with Gasteiger partial charge in [0.25, 0.3) is 0 Å². The van der Waals surface area contributed by atoms with E-state index in [1.54, 1.807) is 6.20 Å². The largest absolute Gasteiger partial charge is 0.354 e. The van der Waals surface area contributed by atoms with Crippen molar-refractivity contribution in [2.45, 2.75) is 25.3 Å². The first-order chi connectivity index (χ1) is 7.59. The van der Waals surface area contributed by atoms with Crippen molar-refractivity contribution in [2.24, 2.45) is 5.92 Å². The molecule has 0 bridgehead atoms. The summed E-state index contributed by atoms with van der Waals surface area (Å²) in [5.41, 5.74) is 0.255. The van der Waals surface area contributed by atoms with Crippen LogP contribution in [0.5, 0.6) is 0 Å². The third kappa shape index (κ3) is 1.42. The number of nitrogens with one attached hydrogen (secondary N) is 2. The molecule has 5 heteroatoms. The number of aromatic nitrogens is 1. The lowest BCUT2D eigenvalue weighted by atomic mass is 9.92. The van der Waals surface area contributed by atoms with Crippen LogP contribution in [0.25, 0.3) is 0 Å². The van der Waals surface area contributed by atoms with E-state index in [2.05, 4.69) is 31.5 Å². The molecule has 1 fully saturated rings. The van der Waals surface area contributed by atoms with Crippen LogP contribution in [0.1, 0.15) is 19.8 Å². The molecule has 1 aliphatic carbocycles. The molecule has 1 aliphatic heterocycles. The Morgan fingerprint density at radius 1 is 1.56 bits per heavy atom. The third-order valence-electron chi connectivity index (χ3n) is 3.35. The Labute approximate surface area is 102 Å². The third-order valence-corrected chi connectivity index (χ3v) is 3.78. The summed E-state index contributed by atoms with van der Waals surface area (Å²) >= 11 is 3.34. The fraction of sp³-hybridized carbons (Fsp3) is 0.455. The van der Waals surface area contributed by atoms with E-state index in [0.29, 0.717) is 5.92 Å². The van der Waals surface area contributed by atoms with Crippen molar-refractivity contribution < 1.29 is 4.79 Å². The van der Waals surface area contributed by atoms with Crippen LogP contribution >= 0.6 is 15.9 Å². The van der Waals surface area contributed by atoms with Crippen LogP contribution in [-0.4, -0.2) is 16.4 Å². The molecule has 1 aromatic heterocycles. The van der Waals surface area contributed by atoms with Gasteiger partial charge in [-0.1, -0.05) is 0 Å². The van der Waals surface area contributed by atoms with Gasteiger partial charge < -0.3 is 10.6 Å². The van der Waals surface area contributed by atoms with E-state index >= 15 is 0 Å². The number of nitrogens with zero attached hydrogens (tertiary/aromatic N) is 1. The zero-order valence-corrected chi connectivity index (χ0v) is 10.5.